The summed E-state index contributed by atoms with van der Waals surface area (Å²) in [6.07, 6.45) is 0. The second-order valence-corrected chi connectivity index (χ2v) is 8.13. The van der Waals surface area contributed by atoms with Gasteiger partial charge in [-0.25, -0.2) is 13.1 Å². The molecule has 0 fully saturated rings. The fraction of sp³-hybridized carbons (Fsp3) is 0.316. The lowest BCUT2D eigenvalue weighted by Gasteiger charge is -2.13. The van der Waals surface area contributed by atoms with Crippen LogP contribution >= 0.6 is 0 Å². The van der Waals surface area contributed by atoms with Gasteiger partial charge >= 0.3 is 0 Å². The first-order valence-electron chi connectivity index (χ1n) is 8.57. The summed E-state index contributed by atoms with van der Waals surface area (Å²) in [6.45, 7) is 3.34. The van der Waals surface area contributed by atoms with E-state index in [-0.39, 0.29) is 10.8 Å². The molecule has 140 valence electrons. The molecule has 2 aromatic rings. The zero-order valence-corrected chi connectivity index (χ0v) is 16.2. The van der Waals surface area contributed by atoms with Crippen molar-refractivity contribution in [3.05, 3.63) is 65.2 Å². The van der Waals surface area contributed by atoms with Crippen LogP contribution in [-0.4, -0.2) is 35.0 Å². The molecule has 0 atom stereocenters. The van der Waals surface area contributed by atoms with Crippen LogP contribution in [0.4, 0.5) is 0 Å². The normalized spacial score (nSPS) is 11.5. The third-order valence-corrected chi connectivity index (χ3v) is 5.42. The van der Waals surface area contributed by atoms with Crippen LogP contribution in [0.3, 0.4) is 0 Å². The molecule has 0 aliphatic rings. The van der Waals surface area contributed by atoms with Crippen molar-refractivity contribution in [1.82, 2.24) is 10.0 Å². The van der Waals surface area contributed by atoms with Crippen molar-refractivity contribution in [1.29, 1.82) is 0 Å². The average molecular weight is 377 g/mol. The van der Waals surface area contributed by atoms with Crippen molar-refractivity contribution >= 4 is 15.9 Å². The fourth-order valence-electron chi connectivity index (χ4n) is 2.62. The largest absolute Gasteiger partial charge is 0.348 e. The van der Waals surface area contributed by atoms with Gasteiger partial charge in [0, 0.05) is 24.2 Å². The van der Waals surface area contributed by atoms with Crippen molar-refractivity contribution in [2.45, 2.75) is 24.9 Å². The van der Waals surface area contributed by atoms with Crippen LogP contribution in [0.2, 0.25) is 0 Å². The molecule has 0 heterocycles. The summed E-state index contributed by atoms with van der Waals surface area (Å²) < 4.78 is 26.3. The minimum Gasteiger partial charge on any atom is -0.348 e. The molecule has 2 rings (SSSR count). The van der Waals surface area contributed by atoms with Gasteiger partial charge < -0.3 is 10.2 Å². The molecule has 0 spiro atoms. The number of benzene rings is 2. The molecule has 1 amide bonds. The Morgan fingerprint density at radius 2 is 1.62 bits per heavy atom. The smallest absolute Gasteiger partial charge is 0.251 e. The van der Waals surface area contributed by atoms with Gasteiger partial charge in [-0.15, -0.1) is 0 Å². The lowest BCUT2D eigenvalue weighted by molar-refractivity contribution is -0.872. The van der Waals surface area contributed by atoms with Gasteiger partial charge in [-0.3, -0.25) is 4.79 Å². The molecule has 2 aromatic carbocycles. The van der Waals surface area contributed by atoms with E-state index in [1.165, 1.54) is 34.7 Å². The number of sulfonamides is 1. The summed E-state index contributed by atoms with van der Waals surface area (Å²) in [5.74, 6) is -0.232. The highest BCUT2D eigenvalue weighted by molar-refractivity contribution is 7.89. The average Bonchev–Trinajstić information content (AvgIpc) is 2.60. The number of rotatable bonds is 8. The zero-order chi connectivity index (χ0) is 19.2. The molecule has 0 bridgehead atoms. The Kier molecular flexibility index (Phi) is 6.90. The highest BCUT2D eigenvalue weighted by Gasteiger charge is 2.14. The minimum absolute atomic E-state index is 0.148. The van der Waals surface area contributed by atoms with Crippen LogP contribution in [0.5, 0.6) is 0 Å². The van der Waals surface area contributed by atoms with Crippen LogP contribution in [0.25, 0.3) is 0 Å². The van der Waals surface area contributed by atoms with Gasteiger partial charge in [0.1, 0.15) is 6.54 Å². The van der Waals surface area contributed by atoms with Gasteiger partial charge in [0.15, 0.2) is 0 Å². The summed E-state index contributed by atoms with van der Waals surface area (Å²) in [7, 11) is 0.654. The van der Waals surface area contributed by atoms with E-state index in [4.69, 9.17) is 0 Å². The Bertz CT molecular complexity index is 847. The standard InChI is InChI=1S/C19H25N3O3S/c1-4-21-26(24,25)18-11-9-15(10-12-18)19(23)20-13-16-7-5-6-8-17(16)14-22(2)3/h5-12,21H,4,13-14H2,1-3H3,(H,20,23)/p+1. The van der Waals surface area contributed by atoms with E-state index < -0.39 is 10.0 Å². The molecule has 0 aromatic heterocycles. The van der Waals surface area contributed by atoms with Crippen LogP contribution in [0, 0.1) is 0 Å². The quantitative estimate of drug-likeness (QED) is 0.630. The number of amides is 1. The van der Waals surface area contributed by atoms with Crippen molar-refractivity contribution < 1.29 is 18.1 Å². The first-order valence-corrected chi connectivity index (χ1v) is 10.1. The molecular weight excluding hydrogens is 350 g/mol. The van der Waals surface area contributed by atoms with Crippen LogP contribution in [0.15, 0.2) is 53.4 Å². The molecule has 0 aliphatic carbocycles. The van der Waals surface area contributed by atoms with E-state index >= 15 is 0 Å². The van der Waals surface area contributed by atoms with E-state index in [0.717, 1.165) is 12.1 Å². The molecule has 7 heteroatoms. The predicted octanol–water partition coefficient (Wildman–Crippen LogP) is 0.559. The van der Waals surface area contributed by atoms with Crippen molar-refractivity contribution in [3.8, 4) is 0 Å². The van der Waals surface area contributed by atoms with Gasteiger partial charge in [-0.1, -0.05) is 31.2 Å². The van der Waals surface area contributed by atoms with Gasteiger partial charge in [-0.2, -0.15) is 0 Å². The first-order chi connectivity index (χ1) is 12.3. The third kappa shape index (κ3) is 5.39. The van der Waals surface area contributed by atoms with Gasteiger partial charge in [0.25, 0.3) is 5.91 Å². The van der Waals surface area contributed by atoms with Crippen LogP contribution in [-0.2, 0) is 23.1 Å². The molecule has 0 saturated carbocycles. The first kappa shape index (κ1) is 20.1. The highest BCUT2D eigenvalue weighted by Crippen LogP contribution is 2.11. The SMILES string of the molecule is CCNS(=O)(=O)c1ccc(C(=O)NCc2ccccc2C[NH+](C)C)cc1. The Balaban J connectivity index is 2.05. The Morgan fingerprint density at radius 1 is 1.00 bits per heavy atom. The van der Waals surface area contributed by atoms with Crippen LogP contribution < -0.4 is 14.9 Å². The van der Waals surface area contributed by atoms with Gasteiger partial charge in [0.05, 0.1) is 19.0 Å². The molecular formula is C19H26N3O3S+. The Hall–Kier alpha value is -2.22. The highest BCUT2D eigenvalue weighted by atomic mass is 32.2. The number of nitrogens with one attached hydrogen (secondary N) is 3. The topological polar surface area (TPSA) is 79.7 Å². The lowest BCUT2D eigenvalue weighted by atomic mass is 10.1. The van der Waals surface area contributed by atoms with E-state index in [0.29, 0.717) is 18.7 Å². The second-order valence-electron chi connectivity index (χ2n) is 6.36. The third-order valence-electron chi connectivity index (χ3n) is 3.86. The molecule has 0 unspecified atom stereocenters. The lowest BCUT2D eigenvalue weighted by Crippen LogP contribution is -3.04. The molecule has 6 nitrogen and oxygen atoms in total. The number of carbonyl (C=O) groups excluding carboxylic acids is 1. The molecule has 0 radical (unpaired) electrons. The monoisotopic (exact) mass is 376 g/mol. The van der Waals surface area contributed by atoms with Crippen molar-refractivity contribution in [3.63, 3.8) is 0 Å². The molecule has 26 heavy (non-hydrogen) atoms. The van der Waals surface area contributed by atoms with E-state index in [1.807, 2.05) is 18.2 Å². The maximum Gasteiger partial charge on any atom is 0.251 e. The summed E-state index contributed by atoms with van der Waals surface area (Å²) in [5.41, 5.74) is 2.70. The summed E-state index contributed by atoms with van der Waals surface area (Å²) >= 11 is 0. The number of hydrogen-bond donors (Lipinski definition) is 3. The van der Waals surface area contributed by atoms with Gasteiger partial charge in [0.2, 0.25) is 10.0 Å². The molecule has 0 saturated heterocycles. The predicted molar refractivity (Wildman–Crippen MR) is 101 cm³/mol. The summed E-state index contributed by atoms with van der Waals surface area (Å²) in [5, 5.41) is 2.90. The van der Waals surface area contributed by atoms with E-state index in [1.54, 1.807) is 6.92 Å². The number of quaternary nitrogens is 1. The summed E-state index contributed by atoms with van der Waals surface area (Å²) in [6, 6.07) is 13.9. The Labute approximate surface area is 155 Å². The fourth-order valence-corrected chi connectivity index (χ4v) is 3.66. The van der Waals surface area contributed by atoms with E-state index in [9.17, 15) is 13.2 Å². The minimum atomic E-state index is -3.51. The zero-order valence-electron chi connectivity index (χ0n) is 15.4. The van der Waals surface area contributed by atoms with E-state index in [2.05, 4.69) is 30.2 Å². The maximum absolute atomic E-state index is 12.4. The second kappa shape index (κ2) is 8.93. The number of hydrogen-bond acceptors (Lipinski definition) is 3. The summed E-state index contributed by atoms with van der Waals surface area (Å²) in [4.78, 5) is 13.8. The van der Waals surface area contributed by atoms with Crippen LogP contribution in [0.1, 0.15) is 28.4 Å². The number of carbonyl (C=O) groups is 1. The van der Waals surface area contributed by atoms with Crippen molar-refractivity contribution in [2.24, 2.45) is 0 Å². The maximum atomic E-state index is 12.4. The molecule has 0 aliphatic heterocycles. The van der Waals surface area contributed by atoms with Gasteiger partial charge in [-0.05, 0) is 29.8 Å². The molecule has 3 N–H and O–H groups in total. The van der Waals surface area contributed by atoms with Crippen molar-refractivity contribution in [2.75, 3.05) is 20.6 Å². The Morgan fingerprint density at radius 3 is 2.19 bits per heavy atom.